The highest BCUT2D eigenvalue weighted by atomic mass is 16.7. The Bertz CT molecular complexity index is 1070. The first-order valence-corrected chi connectivity index (χ1v) is 9.52. The molecule has 2 heterocycles. The van der Waals surface area contributed by atoms with E-state index in [0.717, 1.165) is 12.0 Å². The number of ether oxygens (including phenoxy) is 2. The van der Waals surface area contributed by atoms with Gasteiger partial charge in [0.2, 0.25) is 0 Å². The lowest BCUT2D eigenvalue weighted by Gasteiger charge is -2.30. The summed E-state index contributed by atoms with van der Waals surface area (Å²) in [6.07, 6.45) is 2.05. The lowest BCUT2D eigenvalue weighted by Crippen LogP contribution is -2.41. The van der Waals surface area contributed by atoms with E-state index in [9.17, 15) is 19.7 Å². The molecule has 1 saturated heterocycles. The minimum atomic E-state index is -1.34. The van der Waals surface area contributed by atoms with Crippen molar-refractivity contribution in [1.29, 1.82) is 0 Å². The Morgan fingerprint density at radius 3 is 2.40 bits per heavy atom. The number of benzene rings is 2. The number of cyclic esters (lactones) is 2. The Balaban J connectivity index is 1.66. The van der Waals surface area contributed by atoms with Crippen LogP contribution in [0.3, 0.4) is 0 Å². The van der Waals surface area contributed by atoms with Crippen molar-refractivity contribution < 1.29 is 24.0 Å². The number of carbonyl (C=O) groups excluding carboxylic acids is 2. The normalized spacial score (nSPS) is 17.7. The summed E-state index contributed by atoms with van der Waals surface area (Å²) in [5, 5.41) is 11.7. The fourth-order valence-electron chi connectivity index (χ4n) is 3.69. The molecule has 1 fully saturated rings. The van der Waals surface area contributed by atoms with Crippen LogP contribution in [-0.2, 0) is 32.0 Å². The van der Waals surface area contributed by atoms with Crippen LogP contribution < -0.4 is 4.90 Å². The largest absolute Gasteiger partial charge is 0.419 e. The zero-order valence-corrected chi connectivity index (χ0v) is 16.6. The van der Waals surface area contributed by atoms with Gasteiger partial charge < -0.3 is 14.4 Å². The van der Waals surface area contributed by atoms with Crippen molar-refractivity contribution in [1.82, 2.24) is 0 Å². The van der Waals surface area contributed by atoms with Gasteiger partial charge in [0.1, 0.15) is 11.3 Å². The predicted octanol–water partition coefficient (Wildman–Crippen LogP) is 3.38. The fraction of sp³-hybridized carbons (Fsp3) is 0.273. The van der Waals surface area contributed by atoms with Crippen LogP contribution in [-0.4, -0.2) is 29.2 Å². The maximum absolute atomic E-state index is 12.1. The first-order valence-electron chi connectivity index (χ1n) is 9.52. The molecule has 0 aromatic heterocycles. The van der Waals surface area contributed by atoms with Crippen LogP contribution in [0.25, 0.3) is 6.08 Å². The van der Waals surface area contributed by atoms with Crippen molar-refractivity contribution in [2.45, 2.75) is 32.6 Å². The SMILES string of the molecule is CC1(C)OC(=O)C(=Cc2ccc(N3CCc4ccccc4C3)c([N+](=O)[O-])c2)C(=O)O1. The Hall–Kier alpha value is -3.68. The highest BCUT2D eigenvalue weighted by Crippen LogP contribution is 2.34. The molecule has 2 aliphatic heterocycles. The number of fused-ring (bicyclic) bond motifs is 1. The summed E-state index contributed by atoms with van der Waals surface area (Å²) in [7, 11) is 0. The molecule has 0 amide bonds. The first kappa shape index (κ1) is 19.6. The summed E-state index contributed by atoms with van der Waals surface area (Å²) >= 11 is 0. The van der Waals surface area contributed by atoms with E-state index in [4.69, 9.17) is 9.47 Å². The second-order valence-corrected chi connectivity index (χ2v) is 7.68. The number of hydrogen-bond acceptors (Lipinski definition) is 7. The molecular weight excluding hydrogens is 388 g/mol. The summed E-state index contributed by atoms with van der Waals surface area (Å²) in [4.78, 5) is 37.5. The molecule has 2 aliphatic rings. The van der Waals surface area contributed by atoms with Crippen molar-refractivity contribution in [3.8, 4) is 0 Å². The van der Waals surface area contributed by atoms with Crippen LogP contribution in [0.2, 0.25) is 0 Å². The summed E-state index contributed by atoms with van der Waals surface area (Å²) in [6, 6.07) is 12.7. The van der Waals surface area contributed by atoms with E-state index >= 15 is 0 Å². The van der Waals surface area contributed by atoms with Gasteiger partial charge >= 0.3 is 11.9 Å². The third-order valence-electron chi connectivity index (χ3n) is 5.10. The maximum Gasteiger partial charge on any atom is 0.348 e. The van der Waals surface area contributed by atoms with Gasteiger partial charge in [-0.2, -0.15) is 0 Å². The molecule has 0 atom stereocenters. The predicted molar refractivity (Wildman–Crippen MR) is 109 cm³/mol. The highest BCUT2D eigenvalue weighted by Gasteiger charge is 2.39. The van der Waals surface area contributed by atoms with Gasteiger partial charge in [-0.1, -0.05) is 30.3 Å². The minimum absolute atomic E-state index is 0.0957. The number of nitro benzene ring substituents is 1. The van der Waals surface area contributed by atoms with Gasteiger partial charge in [-0.25, -0.2) is 9.59 Å². The molecule has 0 radical (unpaired) electrons. The highest BCUT2D eigenvalue weighted by molar-refractivity contribution is 6.18. The number of carbonyl (C=O) groups is 2. The molecular formula is C22H20N2O6. The molecule has 0 saturated carbocycles. The summed E-state index contributed by atoms with van der Waals surface area (Å²) in [5.41, 5.74) is 2.82. The van der Waals surface area contributed by atoms with Crippen molar-refractivity contribution >= 4 is 29.4 Å². The Kier molecular flexibility index (Phi) is 4.77. The maximum atomic E-state index is 12.1. The molecule has 30 heavy (non-hydrogen) atoms. The average Bonchev–Trinajstić information content (AvgIpc) is 2.69. The number of nitro groups is 1. The molecule has 0 N–H and O–H groups in total. The minimum Gasteiger partial charge on any atom is -0.419 e. The third kappa shape index (κ3) is 3.76. The van der Waals surface area contributed by atoms with Crippen molar-refractivity contribution in [2.75, 3.05) is 11.4 Å². The van der Waals surface area contributed by atoms with E-state index in [1.807, 2.05) is 23.1 Å². The second kappa shape index (κ2) is 7.29. The summed E-state index contributed by atoms with van der Waals surface area (Å²) < 4.78 is 10.1. The van der Waals surface area contributed by atoms with E-state index in [1.165, 1.54) is 31.6 Å². The standard InChI is InChI=1S/C22H20N2O6/c1-22(2)29-20(25)17(21(26)30-22)11-14-7-8-18(19(12-14)24(27)28)23-10-9-15-5-3-4-6-16(15)13-23/h3-8,11-12H,9-10,13H2,1-2H3. The lowest BCUT2D eigenvalue weighted by molar-refractivity contribution is -0.384. The fourth-order valence-corrected chi connectivity index (χ4v) is 3.69. The number of anilines is 1. The zero-order chi connectivity index (χ0) is 21.5. The van der Waals surface area contributed by atoms with Gasteiger partial charge in [0.05, 0.1) is 4.92 Å². The van der Waals surface area contributed by atoms with Crippen molar-refractivity contribution in [3.63, 3.8) is 0 Å². The molecule has 2 aromatic carbocycles. The van der Waals surface area contributed by atoms with Crippen LogP contribution in [0.5, 0.6) is 0 Å². The van der Waals surface area contributed by atoms with Gasteiger partial charge in [0, 0.05) is 33.0 Å². The number of esters is 2. The van der Waals surface area contributed by atoms with Gasteiger partial charge in [-0.3, -0.25) is 10.1 Å². The third-order valence-corrected chi connectivity index (χ3v) is 5.10. The average molecular weight is 408 g/mol. The molecule has 2 aromatic rings. The van der Waals surface area contributed by atoms with Crippen LogP contribution in [0.1, 0.15) is 30.5 Å². The van der Waals surface area contributed by atoms with Crippen LogP contribution in [0, 0.1) is 10.1 Å². The van der Waals surface area contributed by atoms with Crippen molar-refractivity contribution in [2.24, 2.45) is 0 Å². The van der Waals surface area contributed by atoms with Gasteiger partial charge in [-0.15, -0.1) is 0 Å². The zero-order valence-electron chi connectivity index (χ0n) is 16.6. The lowest BCUT2D eigenvalue weighted by atomic mass is 9.99. The molecule has 8 nitrogen and oxygen atoms in total. The first-order chi connectivity index (χ1) is 14.2. The van der Waals surface area contributed by atoms with E-state index < -0.39 is 22.6 Å². The van der Waals surface area contributed by atoms with Gasteiger partial charge in [0.25, 0.3) is 11.5 Å². The van der Waals surface area contributed by atoms with Crippen LogP contribution >= 0.6 is 0 Å². The molecule has 0 spiro atoms. The van der Waals surface area contributed by atoms with Gasteiger partial charge in [-0.05, 0) is 35.3 Å². The molecule has 8 heteroatoms. The van der Waals surface area contributed by atoms with Crippen LogP contribution in [0.4, 0.5) is 11.4 Å². The number of rotatable bonds is 3. The Morgan fingerprint density at radius 1 is 1.07 bits per heavy atom. The van der Waals surface area contributed by atoms with Gasteiger partial charge in [0.15, 0.2) is 0 Å². The Labute approximate surface area is 172 Å². The van der Waals surface area contributed by atoms with E-state index in [-0.39, 0.29) is 11.3 Å². The van der Waals surface area contributed by atoms with Crippen molar-refractivity contribution in [3.05, 3.63) is 74.8 Å². The van der Waals surface area contributed by atoms with E-state index in [0.29, 0.717) is 24.3 Å². The molecule has 154 valence electrons. The number of hydrogen-bond donors (Lipinski definition) is 0. The second-order valence-electron chi connectivity index (χ2n) is 7.68. The molecule has 0 aliphatic carbocycles. The molecule has 4 rings (SSSR count). The smallest absolute Gasteiger partial charge is 0.348 e. The summed E-state index contributed by atoms with van der Waals surface area (Å²) in [6.45, 7) is 4.14. The topological polar surface area (TPSA) is 99.0 Å². The Morgan fingerprint density at radius 2 is 1.73 bits per heavy atom. The monoisotopic (exact) mass is 408 g/mol. The molecule has 0 bridgehead atoms. The van der Waals surface area contributed by atoms with E-state index in [2.05, 4.69) is 6.07 Å². The molecule has 0 unspecified atom stereocenters. The quantitative estimate of drug-likeness (QED) is 0.252. The number of nitrogens with zero attached hydrogens (tertiary/aromatic N) is 2. The van der Waals surface area contributed by atoms with Crippen LogP contribution in [0.15, 0.2) is 48.0 Å². The van der Waals surface area contributed by atoms with E-state index in [1.54, 1.807) is 12.1 Å². The summed E-state index contributed by atoms with van der Waals surface area (Å²) in [5.74, 6) is -2.99.